The Morgan fingerprint density at radius 1 is 1.07 bits per heavy atom. The SMILES string of the molecule is Nc1c(F)cc(F)cc1[B-](F)(F)F.[K+]. The van der Waals surface area contributed by atoms with Crippen molar-refractivity contribution in [3.8, 4) is 0 Å². The minimum atomic E-state index is -5.47. The van der Waals surface area contributed by atoms with Crippen LogP contribution in [0.5, 0.6) is 0 Å². The number of hydrogen-bond donors (Lipinski definition) is 1. The summed E-state index contributed by atoms with van der Waals surface area (Å²) >= 11 is 0. The van der Waals surface area contributed by atoms with Crippen LogP contribution in [0, 0.1) is 11.6 Å². The molecular formula is C6H4BF5KN. The molecule has 72 valence electrons. The average Bonchev–Trinajstić information content (AvgIpc) is 1.94. The molecule has 1 nitrogen and oxygen atoms in total. The van der Waals surface area contributed by atoms with E-state index in [1.165, 1.54) is 0 Å². The van der Waals surface area contributed by atoms with Crippen molar-refractivity contribution in [2.75, 3.05) is 5.73 Å². The molecule has 0 amide bonds. The summed E-state index contributed by atoms with van der Waals surface area (Å²) in [5, 5.41) is 0. The minimum absolute atomic E-state index is 0. The number of anilines is 1. The van der Waals surface area contributed by atoms with Crippen LogP contribution < -0.4 is 62.6 Å². The molecule has 1 rings (SSSR count). The van der Waals surface area contributed by atoms with Gasteiger partial charge in [-0.2, -0.15) is 0 Å². The van der Waals surface area contributed by atoms with Gasteiger partial charge >= 0.3 is 58.4 Å². The largest absolute Gasteiger partial charge is 1.00 e. The van der Waals surface area contributed by atoms with E-state index < -0.39 is 29.8 Å². The average molecular weight is 235 g/mol. The molecule has 0 saturated heterocycles. The van der Waals surface area contributed by atoms with Crippen molar-refractivity contribution in [1.82, 2.24) is 0 Å². The molecule has 0 spiro atoms. The Balaban J connectivity index is 0.00000169. The third-order valence-corrected chi connectivity index (χ3v) is 1.48. The van der Waals surface area contributed by atoms with Crippen molar-refractivity contribution in [3.05, 3.63) is 23.8 Å². The van der Waals surface area contributed by atoms with Gasteiger partial charge in [0.05, 0.1) is 0 Å². The number of benzene rings is 1. The third-order valence-electron chi connectivity index (χ3n) is 1.48. The Labute approximate surface area is 119 Å². The van der Waals surface area contributed by atoms with E-state index in [-0.39, 0.29) is 57.5 Å². The molecule has 0 fully saturated rings. The van der Waals surface area contributed by atoms with E-state index in [0.29, 0.717) is 6.07 Å². The van der Waals surface area contributed by atoms with Gasteiger partial charge in [0, 0.05) is 11.8 Å². The van der Waals surface area contributed by atoms with Gasteiger partial charge in [0.25, 0.3) is 0 Å². The summed E-state index contributed by atoms with van der Waals surface area (Å²) < 4.78 is 61.0. The molecule has 0 radical (unpaired) electrons. The Morgan fingerprint density at radius 3 is 2.00 bits per heavy atom. The maximum Gasteiger partial charge on any atom is 1.00 e. The van der Waals surface area contributed by atoms with Gasteiger partial charge in [-0.25, -0.2) is 8.78 Å². The Bertz CT molecular complexity index is 340. The summed E-state index contributed by atoms with van der Waals surface area (Å²) in [5.41, 5.74) is 2.30. The van der Waals surface area contributed by atoms with E-state index in [2.05, 4.69) is 0 Å². The molecule has 2 N–H and O–H groups in total. The molecule has 1 aromatic rings. The van der Waals surface area contributed by atoms with Gasteiger partial charge in [-0.3, -0.25) is 0 Å². The molecule has 0 aromatic heterocycles. The van der Waals surface area contributed by atoms with Crippen LogP contribution in [0.15, 0.2) is 12.1 Å². The smallest absolute Gasteiger partial charge is 0.445 e. The van der Waals surface area contributed by atoms with Crippen molar-refractivity contribution in [2.24, 2.45) is 0 Å². The fourth-order valence-corrected chi connectivity index (χ4v) is 0.875. The van der Waals surface area contributed by atoms with Crippen molar-refractivity contribution in [3.63, 3.8) is 0 Å². The van der Waals surface area contributed by atoms with E-state index >= 15 is 0 Å². The first-order valence-corrected chi connectivity index (χ1v) is 3.26. The van der Waals surface area contributed by atoms with Crippen molar-refractivity contribution in [2.45, 2.75) is 0 Å². The number of halogens is 5. The fourth-order valence-electron chi connectivity index (χ4n) is 0.875. The summed E-state index contributed by atoms with van der Waals surface area (Å²) in [5.74, 6) is -2.69. The quantitative estimate of drug-likeness (QED) is 0.362. The molecule has 0 unspecified atom stereocenters. The zero-order valence-corrected chi connectivity index (χ0v) is 10.3. The van der Waals surface area contributed by atoms with Crippen LogP contribution in [-0.2, 0) is 0 Å². The summed E-state index contributed by atoms with van der Waals surface area (Å²) in [6.45, 7) is -5.47. The predicted molar refractivity (Wildman–Crippen MR) is 39.5 cm³/mol. The number of rotatable bonds is 1. The van der Waals surface area contributed by atoms with Crippen LogP contribution in [0.25, 0.3) is 0 Å². The summed E-state index contributed by atoms with van der Waals surface area (Å²) in [7, 11) is 0. The summed E-state index contributed by atoms with van der Waals surface area (Å²) in [6.07, 6.45) is 0. The Kier molecular flexibility index (Phi) is 5.06. The second kappa shape index (κ2) is 4.93. The molecule has 0 aliphatic heterocycles. The molecule has 0 atom stereocenters. The van der Waals surface area contributed by atoms with Gasteiger partial charge in [0.1, 0.15) is 11.6 Å². The predicted octanol–water partition coefficient (Wildman–Crippen LogP) is -1.39. The first-order valence-electron chi connectivity index (χ1n) is 3.26. The second-order valence-corrected chi connectivity index (χ2v) is 2.47. The van der Waals surface area contributed by atoms with Crippen LogP contribution in [0.1, 0.15) is 0 Å². The van der Waals surface area contributed by atoms with E-state index in [4.69, 9.17) is 5.73 Å². The minimum Gasteiger partial charge on any atom is -0.445 e. The molecule has 8 heteroatoms. The van der Waals surface area contributed by atoms with Crippen molar-refractivity contribution < 1.29 is 73.1 Å². The first kappa shape index (κ1) is 14.4. The Hall–Kier alpha value is 0.371. The van der Waals surface area contributed by atoms with Gasteiger partial charge in [-0.15, -0.1) is 0 Å². The van der Waals surface area contributed by atoms with Crippen LogP contribution in [0.3, 0.4) is 0 Å². The maximum atomic E-state index is 12.5. The molecule has 0 aliphatic rings. The summed E-state index contributed by atoms with van der Waals surface area (Å²) in [6, 6.07) is 0.485. The first-order chi connectivity index (χ1) is 5.82. The normalized spacial score (nSPS) is 10.9. The van der Waals surface area contributed by atoms with Gasteiger partial charge < -0.3 is 18.7 Å². The van der Waals surface area contributed by atoms with E-state index in [1.54, 1.807) is 0 Å². The molecule has 0 bridgehead atoms. The van der Waals surface area contributed by atoms with Crippen molar-refractivity contribution >= 4 is 18.1 Å². The molecular weight excluding hydrogens is 231 g/mol. The fraction of sp³-hybridized carbons (Fsp3) is 0. The van der Waals surface area contributed by atoms with Crippen molar-refractivity contribution in [1.29, 1.82) is 0 Å². The van der Waals surface area contributed by atoms with Crippen LogP contribution >= 0.6 is 0 Å². The van der Waals surface area contributed by atoms with Crippen LogP contribution in [0.2, 0.25) is 0 Å². The van der Waals surface area contributed by atoms with Gasteiger partial charge in [-0.05, 0) is 0 Å². The van der Waals surface area contributed by atoms with Crippen LogP contribution in [-0.4, -0.2) is 6.98 Å². The molecule has 0 saturated carbocycles. The third kappa shape index (κ3) is 3.20. The summed E-state index contributed by atoms with van der Waals surface area (Å²) in [4.78, 5) is 0. The topological polar surface area (TPSA) is 26.0 Å². The van der Waals surface area contributed by atoms with Gasteiger partial charge in [-0.1, -0.05) is 11.5 Å². The molecule has 0 heterocycles. The molecule has 0 aliphatic carbocycles. The number of hydrogen-bond acceptors (Lipinski definition) is 1. The van der Waals surface area contributed by atoms with Gasteiger partial charge in [0.15, 0.2) is 0 Å². The zero-order chi connectivity index (χ0) is 10.2. The second-order valence-electron chi connectivity index (χ2n) is 2.47. The van der Waals surface area contributed by atoms with E-state index in [1.807, 2.05) is 0 Å². The zero-order valence-electron chi connectivity index (χ0n) is 7.20. The van der Waals surface area contributed by atoms with Crippen LogP contribution in [0.4, 0.5) is 27.4 Å². The number of nitrogens with two attached hydrogens (primary N) is 1. The van der Waals surface area contributed by atoms with E-state index in [0.717, 1.165) is 0 Å². The van der Waals surface area contributed by atoms with E-state index in [9.17, 15) is 21.7 Å². The number of nitrogen functional groups attached to an aromatic ring is 1. The monoisotopic (exact) mass is 235 g/mol. The standard InChI is InChI=1S/C6H4BF5N.K/c8-3-1-4(7(10,11)12)6(13)5(9)2-3;/h1-2H,13H2;/q-1;+1. The molecule has 1 aromatic carbocycles. The Morgan fingerprint density at radius 2 is 1.57 bits per heavy atom. The maximum absolute atomic E-state index is 12.5. The van der Waals surface area contributed by atoms with Gasteiger partial charge in [0.2, 0.25) is 0 Å². The molecule has 14 heavy (non-hydrogen) atoms.